The summed E-state index contributed by atoms with van der Waals surface area (Å²) in [7, 11) is 0. The van der Waals surface area contributed by atoms with Crippen molar-refractivity contribution in [3.05, 3.63) is 59.9 Å². The number of para-hydroxylation sites is 2. The third-order valence-corrected chi connectivity index (χ3v) is 6.53. The van der Waals surface area contributed by atoms with Crippen LogP contribution in [0.5, 0.6) is 0 Å². The molecule has 1 saturated heterocycles. The molecule has 0 aromatic heterocycles. The molecule has 1 saturated carbocycles. The third-order valence-electron chi connectivity index (χ3n) is 6.53. The molecule has 30 heavy (non-hydrogen) atoms. The van der Waals surface area contributed by atoms with Gasteiger partial charge in [-0.1, -0.05) is 37.1 Å². The Morgan fingerprint density at radius 3 is 2.57 bits per heavy atom. The molecule has 1 atom stereocenters. The van der Waals surface area contributed by atoms with Crippen molar-refractivity contribution in [3.8, 4) is 0 Å². The average molecular weight is 407 g/mol. The first-order valence-corrected chi connectivity index (χ1v) is 10.9. The van der Waals surface area contributed by atoms with Gasteiger partial charge in [0.2, 0.25) is 0 Å². The van der Waals surface area contributed by atoms with Crippen LogP contribution in [0.25, 0.3) is 0 Å². The maximum Gasteiger partial charge on any atom is 0.256 e. The summed E-state index contributed by atoms with van der Waals surface area (Å²) < 4.78 is 14.3. The van der Waals surface area contributed by atoms with E-state index in [2.05, 4.69) is 10.6 Å². The van der Waals surface area contributed by atoms with Gasteiger partial charge in [0.1, 0.15) is 17.2 Å². The molecule has 156 valence electrons. The highest BCUT2D eigenvalue weighted by molar-refractivity contribution is 6.10. The molecule has 2 heterocycles. The molecule has 0 radical (unpaired) electrons. The molecule has 2 N–H and O–H groups in total. The molecule has 5 nitrogen and oxygen atoms in total. The number of piperidine rings is 1. The van der Waals surface area contributed by atoms with Crippen molar-refractivity contribution >= 4 is 23.1 Å². The minimum absolute atomic E-state index is 0.132. The van der Waals surface area contributed by atoms with Crippen LogP contribution in [0, 0.1) is 5.82 Å². The number of rotatable bonds is 2. The second-order valence-corrected chi connectivity index (χ2v) is 8.60. The quantitative estimate of drug-likeness (QED) is 0.761. The Balaban J connectivity index is 1.49. The molecule has 2 aromatic carbocycles. The number of nitrogens with one attached hydrogen (secondary N) is 2. The molecular formula is C24H27FN4O. The van der Waals surface area contributed by atoms with Gasteiger partial charge in [-0.3, -0.25) is 9.79 Å². The zero-order valence-electron chi connectivity index (χ0n) is 17.0. The number of benzene rings is 2. The third kappa shape index (κ3) is 3.44. The van der Waals surface area contributed by atoms with E-state index >= 15 is 0 Å². The molecule has 2 aliphatic heterocycles. The van der Waals surface area contributed by atoms with Crippen molar-refractivity contribution < 1.29 is 9.18 Å². The first-order valence-electron chi connectivity index (χ1n) is 10.9. The van der Waals surface area contributed by atoms with Crippen LogP contribution in [0.1, 0.15) is 48.9 Å². The number of nitrogens with zero attached hydrogens (tertiary/aromatic N) is 2. The lowest BCUT2D eigenvalue weighted by atomic mass is 9.84. The van der Waals surface area contributed by atoms with Crippen LogP contribution in [-0.2, 0) is 0 Å². The van der Waals surface area contributed by atoms with E-state index in [1.54, 1.807) is 23.1 Å². The molecule has 1 aliphatic carbocycles. The van der Waals surface area contributed by atoms with E-state index in [0.29, 0.717) is 19.1 Å². The van der Waals surface area contributed by atoms with Crippen molar-refractivity contribution in [2.75, 3.05) is 23.7 Å². The minimum atomic E-state index is -0.476. The van der Waals surface area contributed by atoms with E-state index < -0.39 is 11.4 Å². The Morgan fingerprint density at radius 2 is 1.77 bits per heavy atom. The molecule has 1 amide bonds. The van der Waals surface area contributed by atoms with E-state index in [0.717, 1.165) is 42.9 Å². The van der Waals surface area contributed by atoms with Gasteiger partial charge in [-0.15, -0.1) is 0 Å². The summed E-state index contributed by atoms with van der Waals surface area (Å²) in [5.41, 5.74) is 1.68. The fraction of sp³-hybridized carbons (Fsp3) is 0.417. The highest BCUT2D eigenvalue weighted by atomic mass is 19.1. The number of carbonyl (C=O) groups excluding carboxylic acids is 1. The largest absolute Gasteiger partial charge is 0.370 e. The van der Waals surface area contributed by atoms with Gasteiger partial charge in [-0.25, -0.2) is 4.39 Å². The van der Waals surface area contributed by atoms with Gasteiger partial charge in [0, 0.05) is 6.54 Å². The van der Waals surface area contributed by atoms with E-state index in [1.807, 2.05) is 24.3 Å². The lowest BCUT2D eigenvalue weighted by molar-refractivity contribution is 0.0689. The van der Waals surface area contributed by atoms with Crippen molar-refractivity contribution in [2.24, 2.45) is 4.99 Å². The first kappa shape index (κ1) is 19.1. The number of hydrogen-bond acceptors (Lipinski definition) is 3. The van der Waals surface area contributed by atoms with Crippen molar-refractivity contribution in [3.63, 3.8) is 0 Å². The predicted octanol–water partition coefficient (Wildman–Crippen LogP) is 4.68. The summed E-state index contributed by atoms with van der Waals surface area (Å²) in [5.74, 6) is 0.189. The molecule has 6 heteroatoms. The summed E-state index contributed by atoms with van der Waals surface area (Å²) in [5, 5.41) is 7.28. The van der Waals surface area contributed by atoms with Gasteiger partial charge in [0.05, 0.1) is 29.5 Å². The van der Waals surface area contributed by atoms with Crippen LogP contribution in [0.2, 0.25) is 0 Å². The Kier molecular flexibility index (Phi) is 4.93. The van der Waals surface area contributed by atoms with Gasteiger partial charge in [-0.05, 0) is 49.9 Å². The Labute approximate surface area is 176 Å². The van der Waals surface area contributed by atoms with E-state index in [-0.39, 0.29) is 11.5 Å². The van der Waals surface area contributed by atoms with Gasteiger partial charge >= 0.3 is 0 Å². The number of amidine groups is 1. The minimum Gasteiger partial charge on any atom is -0.370 e. The zero-order valence-corrected chi connectivity index (χ0v) is 17.0. The topological polar surface area (TPSA) is 56.7 Å². The Hall–Kier alpha value is -2.89. The van der Waals surface area contributed by atoms with Crippen LogP contribution in [0.3, 0.4) is 0 Å². The standard InChI is InChI=1S/C24H27FN4O/c25-19-11-4-3-10-18(19)22(30)29-15-7-14-24(16-29)23(26-17-8-1-2-9-17)27-20-12-5-6-13-21(20)28-24/h3-6,10-13,17,28H,1-2,7-9,14-16H2,(H,26,27). The molecule has 2 fully saturated rings. The maximum absolute atomic E-state index is 14.3. The zero-order chi connectivity index (χ0) is 20.6. The van der Waals surface area contributed by atoms with Crippen LogP contribution in [0.4, 0.5) is 15.8 Å². The fourth-order valence-electron chi connectivity index (χ4n) is 4.97. The number of amides is 1. The summed E-state index contributed by atoms with van der Waals surface area (Å²) in [4.78, 5) is 20.0. The van der Waals surface area contributed by atoms with Gasteiger partial charge in [0.15, 0.2) is 0 Å². The van der Waals surface area contributed by atoms with Crippen LogP contribution in [-0.4, -0.2) is 41.3 Å². The first-order chi connectivity index (χ1) is 14.6. The number of hydrogen-bond donors (Lipinski definition) is 2. The lowest BCUT2D eigenvalue weighted by Crippen LogP contribution is -2.62. The van der Waals surface area contributed by atoms with Crippen molar-refractivity contribution in [1.82, 2.24) is 4.90 Å². The van der Waals surface area contributed by atoms with Gasteiger partial charge in [0.25, 0.3) is 5.91 Å². The Bertz CT molecular complexity index is 985. The van der Waals surface area contributed by atoms with Crippen molar-refractivity contribution in [1.29, 1.82) is 0 Å². The SMILES string of the molecule is O=C(c1ccccc1F)N1CCCC2(C1)Nc1ccccc1NC2=NC1CCCC1. The smallest absolute Gasteiger partial charge is 0.256 e. The van der Waals surface area contributed by atoms with E-state index in [9.17, 15) is 9.18 Å². The summed E-state index contributed by atoms with van der Waals surface area (Å²) in [6.45, 7) is 1.09. The molecule has 5 rings (SSSR count). The molecular weight excluding hydrogens is 379 g/mol. The number of carbonyl (C=O) groups is 1. The monoisotopic (exact) mass is 406 g/mol. The van der Waals surface area contributed by atoms with E-state index in [1.165, 1.54) is 18.9 Å². The highest BCUT2D eigenvalue weighted by Gasteiger charge is 2.45. The fourth-order valence-corrected chi connectivity index (χ4v) is 4.97. The summed E-state index contributed by atoms with van der Waals surface area (Å²) >= 11 is 0. The molecule has 1 unspecified atom stereocenters. The Morgan fingerprint density at radius 1 is 1.03 bits per heavy atom. The van der Waals surface area contributed by atoms with Gasteiger partial charge < -0.3 is 15.5 Å². The van der Waals surface area contributed by atoms with Crippen LogP contribution >= 0.6 is 0 Å². The number of anilines is 2. The molecule has 0 bridgehead atoms. The number of fused-ring (bicyclic) bond motifs is 1. The second kappa shape index (κ2) is 7.74. The summed E-state index contributed by atoms with van der Waals surface area (Å²) in [6.07, 6.45) is 6.37. The van der Waals surface area contributed by atoms with Crippen LogP contribution < -0.4 is 10.6 Å². The highest BCUT2D eigenvalue weighted by Crippen LogP contribution is 2.37. The average Bonchev–Trinajstić information content (AvgIpc) is 3.28. The van der Waals surface area contributed by atoms with Gasteiger partial charge in [-0.2, -0.15) is 0 Å². The second-order valence-electron chi connectivity index (χ2n) is 8.60. The molecule has 3 aliphatic rings. The summed E-state index contributed by atoms with van der Waals surface area (Å²) in [6, 6.07) is 14.7. The van der Waals surface area contributed by atoms with Crippen molar-refractivity contribution in [2.45, 2.75) is 50.1 Å². The number of likely N-dealkylation sites (tertiary alicyclic amines) is 1. The number of aliphatic imine (C=N–C) groups is 1. The number of halogens is 1. The van der Waals surface area contributed by atoms with E-state index in [4.69, 9.17) is 4.99 Å². The normalized spacial score (nSPS) is 25.1. The molecule has 2 aromatic rings. The molecule has 1 spiro atoms. The maximum atomic E-state index is 14.3. The lowest BCUT2D eigenvalue weighted by Gasteiger charge is -2.47. The van der Waals surface area contributed by atoms with Crippen LogP contribution in [0.15, 0.2) is 53.5 Å². The predicted molar refractivity (Wildman–Crippen MR) is 118 cm³/mol.